The number of carbonyl (C=O) groups is 3. The van der Waals surface area contributed by atoms with Gasteiger partial charge in [0.05, 0.1) is 7.11 Å². The van der Waals surface area contributed by atoms with Crippen LogP contribution in [0.25, 0.3) is 6.08 Å². The summed E-state index contributed by atoms with van der Waals surface area (Å²) < 4.78 is 10.8. The molecule has 116 valence electrons. The van der Waals surface area contributed by atoms with Gasteiger partial charge in [-0.3, -0.25) is 10.1 Å². The van der Waals surface area contributed by atoms with E-state index in [-0.39, 0.29) is 11.4 Å². The first kappa shape index (κ1) is 15.8. The van der Waals surface area contributed by atoms with Gasteiger partial charge in [0.15, 0.2) is 18.1 Å². The van der Waals surface area contributed by atoms with Crippen molar-refractivity contribution >= 4 is 39.9 Å². The number of ether oxygens (including phenoxy) is 2. The summed E-state index contributed by atoms with van der Waals surface area (Å²) >= 11 is 3.29. The standard InChI is InChI=1S/C13H11BrN2O6/c1-21-9-3-6(2-8-12(19)16-13(20)15-8)7(14)4-10(9)22-5-11(17)18/h2-4H,5H2,1H3,(H,17,18)(H2,15,16,19,20). The Balaban J connectivity index is 2.34. The molecule has 0 aliphatic carbocycles. The second-order valence-corrected chi connectivity index (χ2v) is 5.03. The molecular formula is C13H11BrN2O6. The third kappa shape index (κ3) is 3.55. The van der Waals surface area contributed by atoms with E-state index in [1.54, 1.807) is 6.07 Å². The molecule has 1 aliphatic rings. The van der Waals surface area contributed by atoms with Gasteiger partial charge in [0.1, 0.15) is 5.70 Å². The molecular weight excluding hydrogens is 360 g/mol. The van der Waals surface area contributed by atoms with Gasteiger partial charge in [0, 0.05) is 4.47 Å². The number of nitrogens with one attached hydrogen (secondary N) is 2. The second kappa shape index (κ2) is 6.48. The Morgan fingerprint density at radius 1 is 1.32 bits per heavy atom. The number of hydrogen-bond acceptors (Lipinski definition) is 5. The molecule has 1 aromatic rings. The zero-order valence-electron chi connectivity index (χ0n) is 11.3. The number of aliphatic carboxylic acids is 1. The molecule has 1 saturated heterocycles. The summed E-state index contributed by atoms with van der Waals surface area (Å²) in [5.41, 5.74) is 0.638. The lowest BCUT2D eigenvalue weighted by Crippen LogP contribution is -2.22. The Hall–Kier alpha value is -2.55. The third-order valence-corrected chi connectivity index (χ3v) is 3.34. The predicted octanol–water partition coefficient (Wildman–Crippen LogP) is 1.10. The lowest BCUT2D eigenvalue weighted by Gasteiger charge is -2.11. The minimum atomic E-state index is -1.12. The van der Waals surface area contributed by atoms with E-state index in [2.05, 4.69) is 26.6 Å². The van der Waals surface area contributed by atoms with Gasteiger partial charge in [-0.05, 0) is 23.8 Å². The number of hydrogen-bond donors (Lipinski definition) is 3. The number of rotatable bonds is 5. The van der Waals surface area contributed by atoms with Crippen molar-refractivity contribution in [3.8, 4) is 11.5 Å². The number of imide groups is 1. The number of halogens is 1. The van der Waals surface area contributed by atoms with Crippen LogP contribution in [0.4, 0.5) is 4.79 Å². The monoisotopic (exact) mass is 370 g/mol. The molecule has 0 unspecified atom stereocenters. The van der Waals surface area contributed by atoms with E-state index in [1.807, 2.05) is 0 Å². The molecule has 3 amide bonds. The van der Waals surface area contributed by atoms with Gasteiger partial charge in [-0.15, -0.1) is 0 Å². The Kier molecular flexibility index (Phi) is 4.66. The van der Waals surface area contributed by atoms with Crippen molar-refractivity contribution in [3.63, 3.8) is 0 Å². The predicted molar refractivity (Wildman–Crippen MR) is 78.5 cm³/mol. The van der Waals surface area contributed by atoms with E-state index in [1.165, 1.54) is 19.3 Å². The molecule has 8 nitrogen and oxygen atoms in total. The lowest BCUT2D eigenvalue weighted by atomic mass is 10.1. The van der Waals surface area contributed by atoms with Crippen LogP contribution in [0.5, 0.6) is 11.5 Å². The van der Waals surface area contributed by atoms with Crippen LogP contribution in [0.15, 0.2) is 22.3 Å². The zero-order valence-corrected chi connectivity index (χ0v) is 12.9. The molecule has 0 spiro atoms. The smallest absolute Gasteiger partial charge is 0.341 e. The summed E-state index contributed by atoms with van der Waals surface area (Å²) in [4.78, 5) is 33.1. The van der Waals surface area contributed by atoms with Crippen molar-refractivity contribution in [3.05, 3.63) is 27.9 Å². The number of carbonyl (C=O) groups excluding carboxylic acids is 2. The fourth-order valence-corrected chi connectivity index (χ4v) is 2.15. The van der Waals surface area contributed by atoms with Crippen molar-refractivity contribution in [2.45, 2.75) is 0 Å². The Morgan fingerprint density at radius 2 is 2.05 bits per heavy atom. The molecule has 1 heterocycles. The average Bonchev–Trinajstić information content (AvgIpc) is 2.76. The molecule has 0 bridgehead atoms. The molecule has 1 aliphatic heterocycles. The molecule has 22 heavy (non-hydrogen) atoms. The summed E-state index contributed by atoms with van der Waals surface area (Å²) in [5, 5.41) is 13.1. The van der Waals surface area contributed by atoms with Gasteiger partial charge in [0.25, 0.3) is 5.91 Å². The lowest BCUT2D eigenvalue weighted by molar-refractivity contribution is -0.139. The van der Waals surface area contributed by atoms with E-state index in [4.69, 9.17) is 14.6 Å². The van der Waals surface area contributed by atoms with Crippen LogP contribution in [-0.2, 0) is 9.59 Å². The Bertz CT molecular complexity index is 685. The first-order valence-corrected chi connectivity index (χ1v) is 6.76. The molecule has 9 heteroatoms. The van der Waals surface area contributed by atoms with E-state index in [9.17, 15) is 14.4 Å². The molecule has 0 radical (unpaired) electrons. The number of urea groups is 1. The highest BCUT2D eigenvalue weighted by atomic mass is 79.9. The van der Waals surface area contributed by atoms with Crippen LogP contribution in [0.1, 0.15) is 5.56 Å². The molecule has 0 aromatic heterocycles. The summed E-state index contributed by atoms with van der Waals surface area (Å²) in [7, 11) is 1.40. The molecule has 3 N–H and O–H groups in total. The number of carboxylic acid groups (broad SMARTS) is 1. The highest BCUT2D eigenvalue weighted by Gasteiger charge is 2.23. The summed E-state index contributed by atoms with van der Waals surface area (Å²) in [6, 6.07) is 2.47. The fraction of sp³-hybridized carbons (Fsp3) is 0.154. The number of benzene rings is 1. The first-order valence-electron chi connectivity index (χ1n) is 5.97. The highest BCUT2D eigenvalue weighted by molar-refractivity contribution is 9.10. The largest absolute Gasteiger partial charge is 0.493 e. The zero-order chi connectivity index (χ0) is 16.3. The van der Waals surface area contributed by atoms with Crippen molar-refractivity contribution in [1.82, 2.24) is 10.6 Å². The Morgan fingerprint density at radius 3 is 2.59 bits per heavy atom. The quantitative estimate of drug-likeness (QED) is 0.528. The van der Waals surface area contributed by atoms with Crippen molar-refractivity contribution in [2.24, 2.45) is 0 Å². The summed E-state index contributed by atoms with van der Waals surface area (Å²) in [6.07, 6.45) is 1.45. The van der Waals surface area contributed by atoms with E-state index in [0.717, 1.165) is 0 Å². The van der Waals surface area contributed by atoms with Crippen LogP contribution >= 0.6 is 15.9 Å². The SMILES string of the molecule is COc1cc(C=C2NC(=O)NC2=O)c(Br)cc1OCC(=O)O. The number of methoxy groups -OCH3 is 1. The van der Waals surface area contributed by atoms with Gasteiger partial charge in [-0.25, -0.2) is 9.59 Å². The maximum Gasteiger partial charge on any atom is 0.341 e. The number of amides is 3. The molecule has 2 rings (SSSR count). The van der Waals surface area contributed by atoms with Gasteiger partial charge in [-0.1, -0.05) is 15.9 Å². The first-order chi connectivity index (χ1) is 10.4. The molecule has 0 saturated carbocycles. The van der Waals surface area contributed by atoms with Gasteiger partial charge >= 0.3 is 12.0 Å². The second-order valence-electron chi connectivity index (χ2n) is 4.17. The molecule has 0 atom stereocenters. The Labute approximate surface area is 133 Å². The topological polar surface area (TPSA) is 114 Å². The van der Waals surface area contributed by atoms with Crippen LogP contribution in [0.3, 0.4) is 0 Å². The number of carboxylic acids is 1. The van der Waals surface area contributed by atoms with Gasteiger partial charge < -0.3 is 19.9 Å². The third-order valence-electron chi connectivity index (χ3n) is 2.65. The van der Waals surface area contributed by atoms with Crippen LogP contribution < -0.4 is 20.1 Å². The summed E-state index contributed by atoms with van der Waals surface area (Å²) in [5.74, 6) is -1.13. The van der Waals surface area contributed by atoms with E-state index in [0.29, 0.717) is 15.8 Å². The van der Waals surface area contributed by atoms with E-state index < -0.39 is 24.5 Å². The minimum absolute atomic E-state index is 0.0898. The summed E-state index contributed by atoms with van der Waals surface area (Å²) in [6.45, 7) is -0.512. The molecule has 1 aromatic carbocycles. The van der Waals surface area contributed by atoms with Crippen molar-refractivity contribution < 1.29 is 29.0 Å². The van der Waals surface area contributed by atoms with Crippen LogP contribution in [0.2, 0.25) is 0 Å². The average molecular weight is 371 g/mol. The van der Waals surface area contributed by atoms with E-state index >= 15 is 0 Å². The maximum absolute atomic E-state index is 11.5. The van der Waals surface area contributed by atoms with Crippen LogP contribution in [-0.4, -0.2) is 36.7 Å². The van der Waals surface area contributed by atoms with Gasteiger partial charge in [-0.2, -0.15) is 0 Å². The minimum Gasteiger partial charge on any atom is -0.493 e. The fourth-order valence-electron chi connectivity index (χ4n) is 1.71. The van der Waals surface area contributed by atoms with Crippen LogP contribution in [0, 0.1) is 0 Å². The normalized spacial score (nSPS) is 15.5. The van der Waals surface area contributed by atoms with Gasteiger partial charge in [0.2, 0.25) is 0 Å². The van der Waals surface area contributed by atoms with Crippen molar-refractivity contribution in [1.29, 1.82) is 0 Å². The van der Waals surface area contributed by atoms with Crippen molar-refractivity contribution in [2.75, 3.05) is 13.7 Å². The maximum atomic E-state index is 11.5. The molecule has 1 fully saturated rings. The highest BCUT2D eigenvalue weighted by Crippen LogP contribution is 2.34.